The van der Waals surface area contributed by atoms with E-state index in [0.717, 1.165) is 37.9 Å². The number of thioether (sulfide) groups is 1. The summed E-state index contributed by atoms with van der Waals surface area (Å²) >= 11 is 7.55. The second-order valence-corrected chi connectivity index (χ2v) is 10.4. The summed E-state index contributed by atoms with van der Waals surface area (Å²) in [6, 6.07) is 6.18. The van der Waals surface area contributed by atoms with Gasteiger partial charge in [0, 0.05) is 24.5 Å². The first-order chi connectivity index (χ1) is 14.4. The van der Waals surface area contributed by atoms with Crippen molar-refractivity contribution in [2.24, 2.45) is 0 Å². The third-order valence-corrected chi connectivity index (χ3v) is 7.94. The Morgan fingerprint density at radius 1 is 1.17 bits per heavy atom. The highest BCUT2D eigenvalue weighted by Gasteiger charge is 2.25. The molecule has 2 heterocycles. The number of hydrogen-bond acceptors (Lipinski definition) is 6. The number of anilines is 1. The van der Waals surface area contributed by atoms with Gasteiger partial charge >= 0.3 is 0 Å². The summed E-state index contributed by atoms with van der Waals surface area (Å²) in [7, 11) is -3.53. The van der Waals surface area contributed by atoms with Crippen molar-refractivity contribution in [2.45, 2.75) is 49.1 Å². The molecule has 0 spiro atoms. The van der Waals surface area contributed by atoms with Gasteiger partial charge in [-0.15, -0.1) is 0 Å². The van der Waals surface area contributed by atoms with Gasteiger partial charge in [0.1, 0.15) is 0 Å². The fourth-order valence-electron chi connectivity index (χ4n) is 3.10. The Morgan fingerprint density at radius 2 is 1.83 bits per heavy atom. The molecule has 1 aromatic heterocycles. The Bertz CT molecular complexity index is 976. The number of halogens is 1. The molecule has 1 fully saturated rings. The number of nitrogens with one attached hydrogen (secondary N) is 1. The topological polar surface area (TPSA) is 92.3 Å². The monoisotopic (exact) mass is 468 g/mol. The van der Waals surface area contributed by atoms with Crippen LogP contribution in [0, 0.1) is 0 Å². The van der Waals surface area contributed by atoms with Crippen molar-refractivity contribution in [3.8, 4) is 0 Å². The van der Waals surface area contributed by atoms with Gasteiger partial charge in [-0.25, -0.2) is 18.4 Å². The predicted octanol–water partition coefficient (Wildman–Crippen LogP) is 4.45. The zero-order valence-corrected chi connectivity index (χ0v) is 19.2. The van der Waals surface area contributed by atoms with Crippen LogP contribution in [0.4, 0.5) is 5.69 Å². The highest BCUT2D eigenvalue weighted by molar-refractivity contribution is 7.99. The molecule has 162 valence electrons. The Hall–Kier alpha value is -1.68. The first kappa shape index (κ1) is 23.0. The SMILES string of the molecule is CCCSc1ncc(Cl)c(C(=O)Nc2ccc(S(=O)(=O)N3CCCCCC3)cc2)n1. The van der Waals surface area contributed by atoms with E-state index in [0.29, 0.717) is 23.9 Å². The van der Waals surface area contributed by atoms with Crippen molar-refractivity contribution < 1.29 is 13.2 Å². The average Bonchev–Trinajstić information content (AvgIpc) is 3.03. The quantitative estimate of drug-likeness (QED) is 0.476. The highest BCUT2D eigenvalue weighted by atomic mass is 35.5. The number of sulfonamides is 1. The molecular weight excluding hydrogens is 444 g/mol. The molecule has 10 heteroatoms. The van der Waals surface area contributed by atoms with Crippen molar-refractivity contribution in [1.29, 1.82) is 0 Å². The second-order valence-electron chi connectivity index (χ2n) is 6.99. The zero-order valence-electron chi connectivity index (χ0n) is 16.8. The maximum absolute atomic E-state index is 12.9. The number of rotatable bonds is 7. The molecule has 0 saturated carbocycles. The third kappa shape index (κ3) is 5.72. The minimum atomic E-state index is -3.53. The van der Waals surface area contributed by atoms with Crippen molar-refractivity contribution in [3.05, 3.63) is 41.2 Å². The lowest BCUT2D eigenvalue weighted by Crippen LogP contribution is -2.31. The van der Waals surface area contributed by atoms with Gasteiger partial charge < -0.3 is 5.32 Å². The lowest BCUT2D eigenvalue weighted by Gasteiger charge is -2.20. The maximum Gasteiger partial charge on any atom is 0.275 e. The minimum Gasteiger partial charge on any atom is -0.321 e. The molecule has 1 aliphatic heterocycles. The normalized spacial score (nSPS) is 15.5. The van der Waals surface area contributed by atoms with Crippen LogP contribution in [-0.4, -0.2) is 47.4 Å². The molecule has 0 atom stereocenters. The van der Waals surface area contributed by atoms with Gasteiger partial charge in [0.05, 0.1) is 16.1 Å². The molecule has 1 saturated heterocycles. The number of carbonyl (C=O) groups is 1. The predicted molar refractivity (Wildman–Crippen MR) is 120 cm³/mol. The molecule has 1 aliphatic rings. The van der Waals surface area contributed by atoms with Gasteiger partial charge in [-0.3, -0.25) is 4.79 Å². The fraction of sp³-hybridized carbons (Fsp3) is 0.450. The van der Waals surface area contributed by atoms with Crippen molar-refractivity contribution in [1.82, 2.24) is 14.3 Å². The molecule has 3 rings (SSSR count). The van der Waals surface area contributed by atoms with Crippen LogP contribution in [0.2, 0.25) is 5.02 Å². The third-order valence-electron chi connectivity index (χ3n) is 4.69. The Balaban J connectivity index is 1.72. The molecule has 2 aromatic rings. The summed E-state index contributed by atoms with van der Waals surface area (Å²) < 4.78 is 27.3. The zero-order chi connectivity index (χ0) is 21.6. The van der Waals surface area contributed by atoms with Crippen LogP contribution in [0.1, 0.15) is 49.5 Å². The molecule has 0 radical (unpaired) electrons. The van der Waals surface area contributed by atoms with Gasteiger partial charge in [0.2, 0.25) is 10.0 Å². The lowest BCUT2D eigenvalue weighted by molar-refractivity contribution is 0.102. The van der Waals surface area contributed by atoms with Crippen LogP contribution in [-0.2, 0) is 10.0 Å². The number of aromatic nitrogens is 2. The van der Waals surface area contributed by atoms with Gasteiger partial charge in [0.25, 0.3) is 5.91 Å². The van der Waals surface area contributed by atoms with E-state index >= 15 is 0 Å². The number of carbonyl (C=O) groups excluding carboxylic acids is 1. The molecule has 7 nitrogen and oxygen atoms in total. The van der Waals surface area contributed by atoms with Gasteiger partial charge in [-0.1, -0.05) is 43.1 Å². The van der Waals surface area contributed by atoms with E-state index in [9.17, 15) is 13.2 Å². The fourth-order valence-corrected chi connectivity index (χ4v) is 5.47. The van der Waals surface area contributed by atoms with Crippen LogP contribution < -0.4 is 5.32 Å². The van der Waals surface area contributed by atoms with E-state index in [1.807, 2.05) is 6.92 Å². The number of hydrogen-bond donors (Lipinski definition) is 1. The van der Waals surface area contributed by atoms with E-state index in [4.69, 9.17) is 11.6 Å². The van der Waals surface area contributed by atoms with E-state index in [2.05, 4.69) is 15.3 Å². The first-order valence-corrected chi connectivity index (χ1v) is 12.8. The maximum atomic E-state index is 12.9. The van der Waals surface area contributed by atoms with Gasteiger partial charge in [-0.2, -0.15) is 4.31 Å². The van der Waals surface area contributed by atoms with E-state index in [-0.39, 0.29) is 15.6 Å². The second kappa shape index (κ2) is 10.6. The number of nitrogens with zero attached hydrogens (tertiary/aromatic N) is 3. The summed E-state index contributed by atoms with van der Waals surface area (Å²) in [5.41, 5.74) is 0.554. The van der Waals surface area contributed by atoms with Gasteiger partial charge in [-0.05, 0) is 43.5 Å². The molecule has 0 aliphatic carbocycles. The largest absolute Gasteiger partial charge is 0.321 e. The molecule has 0 unspecified atom stereocenters. The molecule has 1 aromatic carbocycles. The van der Waals surface area contributed by atoms with Crippen molar-refractivity contribution >= 4 is 45.0 Å². The lowest BCUT2D eigenvalue weighted by atomic mass is 10.2. The summed E-state index contributed by atoms with van der Waals surface area (Å²) in [6.07, 6.45) is 6.25. The molecule has 1 N–H and O–H groups in total. The smallest absolute Gasteiger partial charge is 0.275 e. The molecule has 30 heavy (non-hydrogen) atoms. The molecule has 1 amide bonds. The van der Waals surface area contributed by atoms with Crippen LogP contribution in [0.5, 0.6) is 0 Å². The van der Waals surface area contributed by atoms with Crippen LogP contribution in [0.25, 0.3) is 0 Å². The van der Waals surface area contributed by atoms with Crippen molar-refractivity contribution in [2.75, 3.05) is 24.2 Å². The van der Waals surface area contributed by atoms with E-state index in [1.165, 1.54) is 30.1 Å². The summed E-state index contributed by atoms with van der Waals surface area (Å²) in [5, 5.41) is 3.37. The molecular formula is C20H25ClN4O3S2. The summed E-state index contributed by atoms with van der Waals surface area (Å²) in [4.78, 5) is 21.2. The standard InChI is InChI=1S/C20H25ClN4O3S2/c1-2-13-29-20-22-14-17(21)18(24-20)19(26)23-15-7-9-16(10-8-15)30(27,28)25-11-5-3-4-6-12-25/h7-10,14H,2-6,11-13H2,1H3,(H,23,26). The average molecular weight is 469 g/mol. The number of amides is 1. The first-order valence-electron chi connectivity index (χ1n) is 9.98. The van der Waals surface area contributed by atoms with Crippen LogP contribution in [0.3, 0.4) is 0 Å². The highest BCUT2D eigenvalue weighted by Crippen LogP contribution is 2.23. The summed E-state index contributed by atoms with van der Waals surface area (Å²) in [6.45, 7) is 3.14. The van der Waals surface area contributed by atoms with E-state index < -0.39 is 15.9 Å². The summed E-state index contributed by atoms with van der Waals surface area (Å²) in [5.74, 6) is 0.374. The van der Waals surface area contributed by atoms with Crippen molar-refractivity contribution in [3.63, 3.8) is 0 Å². The van der Waals surface area contributed by atoms with E-state index in [1.54, 1.807) is 16.4 Å². The number of benzene rings is 1. The molecule has 0 bridgehead atoms. The Kier molecular flexibility index (Phi) is 8.10. The Labute approximate surface area is 186 Å². The van der Waals surface area contributed by atoms with Gasteiger partial charge in [0.15, 0.2) is 10.9 Å². The van der Waals surface area contributed by atoms with Crippen LogP contribution in [0.15, 0.2) is 40.5 Å². The minimum absolute atomic E-state index is 0.0894. The van der Waals surface area contributed by atoms with Crippen LogP contribution >= 0.6 is 23.4 Å². The Morgan fingerprint density at radius 3 is 2.47 bits per heavy atom.